The molecule has 0 bridgehead atoms. The first kappa shape index (κ1) is 26.7. The Bertz CT molecular complexity index is 1410. The first-order chi connectivity index (χ1) is 17.1. The number of para-hydroxylation sites is 1. The van der Waals surface area contributed by atoms with Crippen LogP contribution >= 0.6 is 0 Å². The molecule has 1 aromatic heterocycles. The van der Waals surface area contributed by atoms with Crippen LogP contribution in [0, 0.1) is 0 Å². The number of amides is 2. The quantitative estimate of drug-likeness (QED) is 0.344. The van der Waals surface area contributed by atoms with E-state index in [-0.39, 0.29) is 24.4 Å². The lowest BCUT2D eigenvalue weighted by Gasteiger charge is -2.13. The summed E-state index contributed by atoms with van der Waals surface area (Å²) in [5.41, 5.74) is 0.844. The fraction of sp³-hybridized carbons (Fsp3) is 0.250. The number of carbonyl (C=O) groups excluding carboxylic acids is 2. The fourth-order valence-electron chi connectivity index (χ4n) is 3.41. The third-order valence-corrected chi connectivity index (χ3v) is 6.98. The minimum atomic E-state index is -3.86. The Hall–Kier alpha value is -3.87. The van der Waals surface area contributed by atoms with E-state index in [4.69, 9.17) is 14.6 Å². The summed E-state index contributed by atoms with van der Waals surface area (Å²) in [5.74, 6) is -0.506. The van der Waals surface area contributed by atoms with Crippen molar-refractivity contribution in [2.24, 2.45) is 0 Å². The Kier molecular flexibility index (Phi) is 8.35. The van der Waals surface area contributed by atoms with E-state index in [1.165, 1.54) is 52.7 Å². The maximum atomic E-state index is 13.0. The number of nitrogens with one attached hydrogen (secondary N) is 2. The van der Waals surface area contributed by atoms with E-state index in [9.17, 15) is 18.0 Å². The van der Waals surface area contributed by atoms with Crippen LogP contribution in [0.5, 0.6) is 11.5 Å². The highest BCUT2D eigenvalue weighted by atomic mass is 32.2. The van der Waals surface area contributed by atoms with E-state index in [0.717, 1.165) is 8.28 Å². The third kappa shape index (κ3) is 5.51. The molecule has 0 aliphatic carbocycles. The van der Waals surface area contributed by atoms with Crippen LogP contribution in [-0.2, 0) is 15.0 Å². The van der Waals surface area contributed by atoms with Crippen LogP contribution in [0.4, 0.5) is 0 Å². The van der Waals surface area contributed by atoms with Gasteiger partial charge in [0.05, 0.1) is 26.3 Å². The molecule has 0 aliphatic rings. The molecule has 192 valence electrons. The van der Waals surface area contributed by atoms with Gasteiger partial charge in [-0.25, -0.2) is 3.97 Å². The summed E-state index contributed by atoms with van der Waals surface area (Å²) in [5, 5.41) is 14.8. The smallest absolute Gasteiger partial charge is 0.307 e. The number of methoxy groups -OCH3 is 2. The number of aromatic nitrogens is 1. The van der Waals surface area contributed by atoms with Crippen molar-refractivity contribution in [1.29, 1.82) is 0 Å². The zero-order valence-corrected chi connectivity index (χ0v) is 21.1. The van der Waals surface area contributed by atoms with E-state index >= 15 is 0 Å². The Balaban J connectivity index is 2.09. The molecule has 0 saturated heterocycles. The number of rotatable bonds is 10. The Morgan fingerprint density at radius 1 is 1.08 bits per heavy atom. The van der Waals surface area contributed by atoms with Crippen molar-refractivity contribution in [3.63, 3.8) is 0 Å². The zero-order valence-electron chi connectivity index (χ0n) is 20.3. The minimum Gasteiger partial charge on any atom is -0.493 e. The van der Waals surface area contributed by atoms with E-state index in [1.54, 1.807) is 30.3 Å². The lowest BCUT2D eigenvalue weighted by atomic mass is 10.1. The fourth-order valence-corrected chi connectivity index (χ4v) is 4.41. The predicted molar refractivity (Wildman–Crippen MR) is 135 cm³/mol. The highest BCUT2D eigenvalue weighted by Gasteiger charge is 2.22. The van der Waals surface area contributed by atoms with Crippen molar-refractivity contribution in [2.45, 2.75) is 0 Å². The molecule has 0 saturated carbocycles. The highest BCUT2D eigenvalue weighted by molar-refractivity contribution is 7.87. The summed E-state index contributed by atoms with van der Waals surface area (Å²) < 4.78 is 38.3. The number of nitrogens with zero attached hydrogens (tertiary/aromatic N) is 2. The summed E-state index contributed by atoms with van der Waals surface area (Å²) in [6, 6.07) is 11.3. The van der Waals surface area contributed by atoms with Gasteiger partial charge < -0.3 is 25.2 Å². The van der Waals surface area contributed by atoms with Gasteiger partial charge in [0.25, 0.3) is 11.8 Å². The van der Waals surface area contributed by atoms with Crippen LogP contribution in [0.2, 0.25) is 0 Å². The van der Waals surface area contributed by atoms with Gasteiger partial charge in [-0.05, 0) is 30.3 Å². The molecule has 11 nitrogen and oxygen atoms in total. The average Bonchev–Trinajstić information content (AvgIpc) is 3.25. The van der Waals surface area contributed by atoms with Gasteiger partial charge in [0.1, 0.15) is 5.70 Å². The second-order valence-electron chi connectivity index (χ2n) is 7.75. The van der Waals surface area contributed by atoms with Gasteiger partial charge >= 0.3 is 10.2 Å². The van der Waals surface area contributed by atoms with Gasteiger partial charge in [0.15, 0.2) is 11.5 Å². The molecular formula is C24H28N4O7S. The summed E-state index contributed by atoms with van der Waals surface area (Å²) in [6.07, 6.45) is 2.76. The zero-order chi connectivity index (χ0) is 26.5. The second kappa shape index (κ2) is 11.2. The number of benzene rings is 2. The topological polar surface area (TPSA) is 139 Å². The van der Waals surface area contributed by atoms with E-state index < -0.39 is 22.0 Å². The van der Waals surface area contributed by atoms with Gasteiger partial charge in [0, 0.05) is 43.4 Å². The number of aliphatic hydroxyl groups is 1. The SMILES string of the molecule is COc1ccc(C(=O)N/C(=C\c2cn(S(=O)(=O)N(C)C)c3ccccc23)C(=O)NCCO)cc1OC. The third-order valence-electron chi connectivity index (χ3n) is 5.25. The molecule has 36 heavy (non-hydrogen) atoms. The largest absolute Gasteiger partial charge is 0.493 e. The number of carbonyl (C=O) groups is 2. The molecule has 0 atom stereocenters. The van der Waals surface area contributed by atoms with Gasteiger partial charge in [0.2, 0.25) is 0 Å². The second-order valence-corrected chi connectivity index (χ2v) is 9.77. The molecule has 3 N–H and O–H groups in total. The lowest BCUT2D eigenvalue weighted by molar-refractivity contribution is -0.117. The lowest BCUT2D eigenvalue weighted by Crippen LogP contribution is -2.36. The van der Waals surface area contributed by atoms with Crippen molar-refractivity contribution in [2.75, 3.05) is 41.5 Å². The summed E-state index contributed by atoms with van der Waals surface area (Å²) >= 11 is 0. The molecule has 12 heteroatoms. The van der Waals surface area contributed by atoms with Crippen LogP contribution in [0.1, 0.15) is 15.9 Å². The molecule has 0 unspecified atom stereocenters. The number of ether oxygens (including phenoxy) is 2. The van der Waals surface area contributed by atoms with Crippen LogP contribution in [0.15, 0.2) is 54.4 Å². The van der Waals surface area contributed by atoms with E-state index in [1.807, 2.05) is 0 Å². The normalized spacial score (nSPS) is 12.0. The number of hydrogen-bond acceptors (Lipinski definition) is 7. The van der Waals surface area contributed by atoms with Gasteiger partial charge in [-0.1, -0.05) is 18.2 Å². The van der Waals surface area contributed by atoms with E-state index in [0.29, 0.717) is 28.0 Å². The van der Waals surface area contributed by atoms with Crippen LogP contribution in [-0.4, -0.2) is 75.1 Å². The summed E-state index contributed by atoms with van der Waals surface area (Å²) in [6.45, 7) is -0.345. The van der Waals surface area contributed by atoms with Crippen molar-refractivity contribution in [1.82, 2.24) is 18.9 Å². The monoisotopic (exact) mass is 516 g/mol. The number of hydrogen-bond donors (Lipinski definition) is 3. The minimum absolute atomic E-state index is 0.0425. The molecule has 2 amide bonds. The Labute approximate surface area is 209 Å². The first-order valence-electron chi connectivity index (χ1n) is 10.8. The molecule has 0 spiro atoms. The van der Waals surface area contributed by atoms with Crippen molar-refractivity contribution < 1.29 is 32.6 Å². The molecule has 0 aliphatic heterocycles. The van der Waals surface area contributed by atoms with Crippen LogP contribution in [0.25, 0.3) is 17.0 Å². The highest BCUT2D eigenvalue weighted by Crippen LogP contribution is 2.28. The molecule has 3 rings (SSSR count). The Morgan fingerprint density at radius 3 is 2.42 bits per heavy atom. The van der Waals surface area contributed by atoms with Crippen molar-refractivity contribution in [3.8, 4) is 11.5 Å². The molecule has 0 fully saturated rings. The summed E-state index contributed by atoms with van der Waals surface area (Å²) in [4.78, 5) is 25.9. The average molecular weight is 517 g/mol. The molecule has 0 radical (unpaired) electrons. The summed E-state index contributed by atoms with van der Waals surface area (Å²) in [7, 11) is 1.87. The molecular weight excluding hydrogens is 488 g/mol. The van der Waals surface area contributed by atoms with Gasteiger partial charge in [-0.15, -0.1) is 0 Å². The van der Waals surface area contributed by atoms with Gasteiger partial charge in [-0.3, -0.25) is 9.59 Å². The number of aliphatic hydroxyl groups excluding tert-OH is 1. The molecule has 3 aromatic rings. The maximum absolute atomic E-state index is 13.0. The molecule has 1 heterocycles. The van der Waals surface area contributed by atoms with Crippen molar-refractivity contribution in [3.05, 3.63) is 65.5 Å². The predicted octanol–water partition coefficient (Wildman–Crippen LogP) is 1.19. The van der Waals surface area contributed by atoms with Crippen LogP contribution < -0.4 is 20.1 Å². The van der Waals surface area contributed by atoms with Gasteiger partial charge in [-0.2, -0.15) is 12.7 Å². The van der Waals surface area contributed by atoms with Crippen molar-refractivity contribution >= 4 is 39.0 Å². The standard InChI is InChI=1S/C24H28N4O7S/c1-27(2)36(32,33)28-15-17(18-7-5-6-8-20(18)28)13-19(24(31)25-11-12-29)26-23(30)16-9-10-21(34-3)22(14-16)35-4/h5-10,13-15,29H,11-12H2,1-4H3,(H,25,31)(H,26,30)/b19-13-. The molecule has 2 aromatic carbocycles. The first-order valence-corrected chi connectivity index (χ1v) is 12.2. The van der Waals surface area contributed by atoms with Crippen LogP contribution in [0.3, 0.4) is 0 Å². The Morgan fingerprint density at radius 2 is 1.78 bits per heavy atom. The number of fused-ring (bicyclic) bond motifs is 1. The van der Waals surface area contributed by atoms with E-state index in [2.05, 4.69) is 10.6 Å². The maximum Gasteiger partial charge on any atom is 0.307 e.